The summed E-state index contributed by atoms with van der Waals surface area (Å²) in [7, 11) is 0. The van der Waals surface area contributed by atoms with Crippen LogP contribution in [0.15, 0.2) is 55.1 Å². The summed E-state index contributed by atoms with van der Waals surface area (Å²) in [6.07, 6.45) is 21.4. The van der Waals surface area contributed by atoms with E-state index in [1.165, 1.54) is 69.8 Å². The molecule has 0 N–H and O–H groups in total. The Labute approximate surface area is 178 Å². The van der Waals surface area contributed by atoms with E-state index in [0.29, 0.717) is 4.83 Å². The molecular weight excluding hydrogens is 452 g/mol. The third-order valence-corrected chi connectivity index (χ3v) is 5.60. The van der Waals surface area contributed by atoms with Crippen LogP contribution in [-0.4, -0.2) is 9.81 Å². The minimum atomic E-state index is 0. The minimum Gasteiger partial charge on any atom is -1.00 e. The quantitative estimate of drug-likeness (QED) is 0.243. The van der Waals surface area contributed by atoms with Crippen LogP contribution in [0, 0.1) is 0 Å². The van der Waals surface area contributed by atoms with E-state index in [9.17, 15) is 0 Å². The van der Waals surface area contributed by atoms with E-state index in [2.05, 4.69) is 62.1 Å². The van der Waals surface area contributed by atoms with E-state index in [1.807, 2.05) is 18.5 Å². The van der Waals surface area contributed by atoms with Crippen molar-refractivity contribution in [2.75, 3.05) is 0 Å². The summed E-state index contributed by atoms with van der Waals surface area (Å²) >= 11 is 3.84. The zero-order valence-electron chi connectivity index (χ0n) is 15.7. The Bertz CT molecular complexity index is 549. The fourth-order valence-corrected chi connectivity index (χ4v) is 3.67. The number of halogens is 2. The van der Waals surface area contributed by atoms with Crippen LogP contribution >= 0.6 is 15.9 Å². The number of hydrogen-bond acceptors (Lipinski definition) is 1. The van der Waals surface area contributed by atoms with E-state index in [4.69, 9.17) is 0 Å². The topological polar surface area (TPSA) is 16.8 Å². The summed E-state index contributed by atoms with van der Waals surface area (Å²) in [4.78, 5) is 4.83. The van der Waals surface area contributed by atoms with Crippen LogP contribution in [0.4, 0.5) is 0 Å². The average Bonchev–Trinajstić information content (AvgIpc) is 2.66. The molecule has 26 heavy (non-hydrogen) atoms. The normalized spacial score (nSPS) is 11.7. The SMILES string of the molecule is BrC(CCCCCCCCCc1cccnc1)CC[n+]1ccccc1.[Br-]. The summed E-state index contributed by atoms with van der Waals surface area (Å²) in [6, 6.07) is 10.5. The maximum absolute atomic E-state index is 4.17. The Morgan fingerprint density at radius 1 is 0.846 bits per heavy atom. The Kier molecular flexibility index (Phi) is 13.7. The maximum Gasteiger partial charge on any atom is 0.168 e. The molecule has 1 unspecified atom stereocenters. The van der Waals surface area contributed by atoms with Crippen LogP contribution in [0.1, 0.15) is 63.4 Å². The number of aryl methyl sites for hydroxylation is 2. The van der Waals surface area contributed by atoms with Crippen molar-refractivity contribution in [1.82, 2.24) is 4.98 Å². The van der Waals surface area contributed by atoms with Gasteiger partial charge in [0.25, 0.3) is 0 Å². The molecule has 2 aromatic rings. The van der Waals surface area contributed by atoms with Crippen molar-refractivity contribution in [2.24, 2.45) is 0 Å². The van der Waals surface area contributed by atoms with E-state index < -0.39 is 0 Å². The fraction of sp³-hybridized carbons (Fsp3) is 0.545. The Balaban J connectivity index is 0.00000338. The summed E-state index contributed by atoms with van der Waals surface area (Å²) in [5.74, 6) is 0. The molecule has 2 rings (SSSR count). The van der Waals surface area contributed by atoms with Gasteiger partial charge in [0.15, 0.2) is 12.4 Å². The van der Waals surface area contributed by atoms with E-state index in [-0.39, 0.29) is 17.0 Å². The molecular formula is C22H32Br2N2. The number of nitrogens with zero attached hydrogens (tertiary/aromatic N) is 2. The second kappa shape index (κ2) is 15.3. The Morgan fingerprint density at radius 2 is 1.54 bits per heavy atom. The third kappa shape index (κ3) is 11.1. The third-order valence-electron chi connectivity index (χ3n) is 4.68. The number of hydrogen-bond donors (Lipinski definition) is 0. The molecule has 0 saturated heterocycles. The highest BCUT2D eigenvalue weighted by atomic mass is 79.9. The first-order chi connectivity index (χ1) is 12.3. The molecule has 0 aliphatic carbocycles. The van der Waals surface area contributed by atoms with Gasteiger partial charge in [-0.2, -0.15) is 0 Å². The van der Waals surface area contributed by atoms with Gasteiger partial charge >= 0.3 is 0 Å². The van der Waals surface area contributed by atoms with Crippen LogP contribution < -0.4 is 21.5 Å². The summed E-state index contributed by atoms with van der Waals surface area (Å²) < 4.78 is 2.26. The first-order valence-corrected chi connectivity index (χ1v) is 10.7. The van der Waals surface area contributed by atoms with Crippen molar-refractivity contribution in [2.45, 2.75) is 75.6 Å². The molecule has 144 valence electrons. The first kappa shape index (κ1) is 23.3. The number of alkyl halides is 1. The van der Waals surface area contributed by atoms with E-state index >= 15 is 0 Å². The van der Waals surface area contributed by atoms with Gasteiger partial charge in [-0.25, -0.2) is 4.57 Å². The standard InChI is InChI=1S/C22H32BrN2.BrH/c23-22(15-19-25-17-9-6-10-18-25)14-8-5-3-1-2-4-7-12-21-13-11-16-24-20-21;/h6,9-11,13,16-18,20,22H,1-5,7-8,12,14-15,19H2;1H/q+1;/p-1. The molecule has 0 saturated carbocycles. The molecule has 0 radical (unpaired) electrons. The van der Waals surface area contributed by atoms with Gasteiger partial charge in [0, 0.05) is 35.8 Å². The van der Waals surface area contributed by atoms with Crippen LogP contribution in [0.2, 0.25) is 0 Å². The summed E-state index contributed by atoms with van der Waals surface area (Å²) in [5.41, 5.74) is 1.37. The largest absolute Gasteiger partial charge is 1.00 e. The predicted molar refractivity (Wildman–Crippen MR) is 109 cm³/mol. The monoisotopic (exact) mass is 482 g/mol. The Morgan fingerprint density at radius 3 is 2.23 bits per heavy atom. The smallest absolute Gasteiger partial charge is 0.168 e. The van der Waals surface area contributed by atoms with Crippen LogP contribution in [0.3, 0.4) is 0 Å². The zero-order valence-corrected chi connectivity index (χ0v) is 18.9. The van der Waals surface area contributed by atoms with Crippen LogP contribution in [-0.2, 0) is 13.0 Å². The van der Waals surface area contributed by atoms with Crippen LogP contribution in [0.5, 0.6) is 0 Å². The molecule has 0 aliphatic heterocycles. The highest BCUT2D eigenvalue weighted by molar-refractivity contribution is 9.09. The molecule has 0 fully saturated rings. The lowest BCUT2D eigenvalue weighted by Gasteiger charge is -2.07. The van der Waals surface area contributed by atoms with Crippen molar-refractivity contribution < 1.29 is 21.5 Å². The molecule has 4 heteroatoms. The summed E-state index contributed by atoms with van der Waals surface area (Å²) in [6.45, 7) is 1.10. The lowest BCUT2D eigenvalue weighted by atomic mass is 10.0. The molecule has 0 aliphatic rings. The molecule has 0 amide bonds. The van der Waals surface area contributed by atoms with Crippen molar-refractivity contribution in [1.29, 1.82) is 0 Å². The van der Waals surface area contributed by atoms with Gasteiger partial charge in [0.05, 0.1) is 0 Å². The maximum atomic E-state index is 4.17. The molecule has 0 spiro atoms. The predicted octanol–water partition coefficient (Wildman–Crippen LogP) is 2.89. The van der Waals surface area contributed by atoms with Gasteiger partial charge in [-0.05, 0) is 30.9 Å². The molecule has 0 bridgehead atoms. The molecule has 2 nitrogen and oxygen atoms in total. The van der Waals surface area contributed by atoms with Crippen molar-refractivity contribution in [3.05, 3.63) is 60.7 Å². The number of rotatable bonds is 13. The van der Waals surface area contributed by atoms with Gasteiger partial charge in [0.1, 0.15) is 6.54 Å². The average molecular weight is 484 g/mol. The fourth-order valence-electron chi connectivity index (χ4n) is 3.14. The molecule has 1 atom stereocenters. The lowest BCUT2D eigenvalue weighted by molar-refractivity contribution is -0.697. The highest BCUT2D eigenvalue weighted by Gasteiger charge is 2.07. The molecule has 2 aromatic heterocycles. The van der Waals surface area contributed by atoms with E-state index in [1.54, 1.807) is 0 Å². The second-order valence-electron chi connectivity index (χ2n) is 6.87. The zero-order chi connectivity index (χ0) is 17.6. The second-order valence-corrected chi connectivity index (χ2v) is 8.17. The number of pyridine rings is 2. The highest BCUT2D eigenvalue weighted by Crippen LogP contribution is 2.16. The van der Waals surface area contributed by atoms with Gasteiger partial charge < -0.3 is 17.0 Å². The van der Waals surface area contributed by atoms with Gasteiger partial charge in [-0.1, -0.05) is 66.6 Å². The molecule has 2 heterocycles. The number of unbranched alkanes of at least 4 members (excludes halogenated alkanes) is 6. The lowest BCUT2D eigenvalue weighted by Crippen LogP contribution is -3.00. The van der Waals surface area contributed by atoms with Crippen molar-refractivity contribution >= 4 is 15.9 Å². The Hall–Kier alpha value is -0.740. The van der Waals surface area contributed by atoms with Crippen LogP contribution in [0.25, 0.3) is 0 Å². The minimum absolute atomic E-state index is 0. The van der Waals surface area contributed by atoms with Crippen molar-refractivity contribution in [3.8, 4) is 0 Å². The van der Waals surface area contributed by atoms with Gasteiger partial charge in [-0.15, -0.1) is 0 Å². The first-order valence-electron chi connectivity index (χ1n) is 9.81. The number of aromatic nitrogens is 2. The summed E-state index contributed by atoms with van der Waals surface area (Å²) in [5, 5.41) is 0. The van der Waals surface area contributed by atoms with Gasteiger partial charge in [0.2, 0.25) is 0 Å². The van der Waals surface area contributed by atoms with Gasteiger partial charge in [-0.3, -0.25) is 4.98 Å². The molecule has 0 aromatic carbocycles. The van der Waals surface area contributed by atoms with E-state index in [0.717, 1.165) is 6.54 Å². The van der Waals surface area contributed by atoms with Crippen molar-refractivity contribution in [3.63, 3.8) is 0 Å².